The van der Waals surface area contributed by atoms with Gasteiger partial charge in [-0.05, 0) is 89.0 Å². The molecule has 0 fully saturated rings. The van der Waals surface area contributed by atoms with E-state index in [1.165, 1.54) is 37.7 Å². The highest BCUT2D eigenvalue weighted by Gasteiger charge is 2.32. The first kappa shape index (κ1) is 26.7. The van der Waals surface area contributed by atoms with E-state index < -0.39 is 10.1 Å². The summed E-state index contributed by atoms with van der Waals surface area (Å²) < 4.78 is 43.2. The Morgan fingerprint density at radius 2 is 1.75 bits per heavy atom. The molecule has 5 nitrogen and oxygen atoms in total. The monoisotopic (exact) mass is 466 g/mol. The molecular formula is C26H42O5S. The predicted octanol–water partition coefficient (Wildman–Crippen LogP) is 6.66. The topological polar surface area (TPSA) is 72.8 Å². The molecule has 0 aromatic heterocycles. The molecule has 0 aliphatic carbocycles. The Labute approximate surface area is 195 Å². The number of benzene rings is 1. The molecule has 6 heteroatoms. The van der Waals surface area contributed by atoms with Crippen LogP contribution in [0.4, 0.5) is 0 Å². The summed E-state index contributed by atoms with van der Waals surface area (Å²) in [6.45, 7) is 11.1. The summed E-state index contributed by atoms with van der Waals surface area (Å²) >= 11 is 0. The third kappa shape index (κ3) is 7.80. The average Bonchev–Trinajstić information content (AvgIpc) is 2.72. The fourth-order valence-electron chi connectivity index (χ4n) is 4.35. The molecule has 1 atom stereocenters. The number of fused-ring (bicyclic) bond motifs is 1. The van der Waals surface area contributed by atoms with Gasteiger partial charge in [-0.15, -0.1) is 0 Å². The Morgan fingerprint density at radius 1 is 1.03 bits per heavy atom. The van der Waals surface area contributed by atoms with Crippen LogP contribution in [-0.2, 0) is 16.5 Å². The minimum Gasteiger partial charge on any atom is -0.493 e. The van der Waals surface area contributed by atoms with Crippen molar-refractivity contribution in [3.05, 3.63) is 34.4 Å². The quantitative estimate of drug-likeness (QED) is 0.200. The molecule has 1 aromatic carbocycles. The molecule has 1 heterocycles. The van der Waals surface area contributed by atoms with Gasteiger partial charge in [0.15, 0.2) is 0 Å². The van der Waals surface area contributed by atoms with Crippen LogP contribution in [0.15, 0.2) is 12.2 Å². The third-order valence-corrected chi connectivity index (χ3v) is 7.31. The van der Waals surface area contributed by atoms with Crippen LogP contribution in [0.25, 0.3) is 0 Å². The van der Waals surface area contributed by atoms with Crippen molar-refractivity contribution >= 4 is 10.1 Å². The van der Waals surface area contributed by atoms with Crippen LogP contribution in [0.1, 0.15) is 93.9 Å². The predicted molar refractivity (Wildman–Crippen MR) is 132 cm³/mol. The fourth-order valence-corrected chi connectivity index (χ4v) is 4.91. The standard InChI is InChI=1S/C26H42O5S/c1-6-7-8-9-10-11-12-16-26(5)17-15-23-22(4)24(20(2)21(3)25(23)31-26)30-18-13-14-19-32(27,28)29/h12,16H,6-11,13-15,17-19H2,1-5H3,(H,27,28,29). The van der Waals surface area contributed by atoms with Gasteiger partial charge in [0.1, 0.15) is 17.1 Å². The molecular weight excluding hydrogens is 424 g/mol. The highest BCUT2D eigenvalue weighted by Crippen LogP contribution is 2.44. The first-order valence-corrected chi connectivity index (χ1v) is 13.8. The summed E-state index contributed by atoms with van der Waals surface area (Å²) in [6, 6.07) is 0. The highest BCUT2D eigenvalue weighted by atomic mass is 32.2. The molecule has 1 aliphatic rings. The van der Waals surface area contributed by atoms with Crippen molar-refractivity contribution in [3.8, 4) is 11.5 Å². The molecule has 2 rings (SSSR count). The first-order chi connectivity index (χ1) is 15.1. The zero-order chi connectivity index (χ0) is 23.8. The molecule has 182 valence electrons. The van der Waals surface area contributed by atoms with Crippen LogP contribution in [0.2, 0.25) is 0 Å². The summed E-state index contributed by atoms with van der Waals surface area (Å²) in [5.41, 5.74) is 4.22. The van der Waals surface area contributed by atoms with Crippen molar-refractivity contribution in [2.24, 2.45) is 0 Å². The maximum atomic E-state index is 10.9. The van der Waals surface area contributed by atoms with Gasteiger partial charge in [-0.25, -0.2) is 0 Å². The van der Waals surface area contributed by atoms with Crippen molar-refractivity contribution in [1.82, 2.24) is 0 Å². The van der Waals surface area contributed by atoms with Gasteiger partial charge in [-0.2, -0.15) is 8.42 Å². The first-order valence-electron chi connectivity index (χ1n) is 12.2. The SMILES string of the molecule is CCCCCCCC=CC1(C)CCc2c(C)c(OCCCCS(=O)(=O)O)c(C)c(C)c2O1. The maximum absolute atomic E-state index is 10.9. The molecule has 0 bridgehead atoms. The molecule has 0 spiro atoms. The summed E-state index contributed by atoms with van der Waals surface area (Å²) in [5.74, 6) is 1.64. The van der Waals surface area contributed by atoms with Crippen LogP contribution in [0, 0.1) is 20.8 Å². The second-order valence-corrected chi connectivity index (χ2v) is 10.9. The molecule has 1 aromatic rings. The number of unbranched alkanes of at least 4 members (excludes halogenated alkanes) is 6. The van der Waals surface area contributed by atoms with Crippen LogP contribution in [-0.4, -0.2) is 30.9 Å². The Hall–Kier alpha value is -1.53. The van der Waals surface area contributed by atoms with Crippen molar-refractivity contribution in [1.29, 1.82) is 0 Å². The van der Waals surface area contributed by atoms with Crippen LogP contribution < -0.4 is 9.47 Å². The van der Waals surface area contributed by atoms with E-state index >= 15 is 0 Å². The number of rotatable bonds is 13. The molecule has 1 N–H and O–H groups in total. The summed E-state index contributed by atoms with van der Waals surface area (Å²) in [4.78, 5) is 0. The van der Waals surface area contributed by atoms with Crippen LogP contribution in [0.5, 0.6) is 11.5 Å². The lowest BCUT2D eigenvalue weighted by atomic mass is 9.86. The Bertz CT molecular complexity index is 888. The van der Waals surface area contributed by atoms with Gasteiger partial charge in [0, 0.05) is 5.56 Å². The highest BCUT2D eigenvalue weighted by molar-refractivity contribution is 7.85. The van der Waals surface area contributed by atoms with Crippen molar-refractivity contribution in [2.75, 3.05) is 12.4 Å². The van der Waals surface area contributed by atoms with Crippen molar-refractivity contribution in [2.45, 2.75) is 104 Å². The van der Waals surface area contributed by atoms with Gasteiger partial charge in [0.05, 0.1) is 12.4 Å². The third-order valence-electron chi connectivity index (χ3n) is 6.51. The molecule has 0 saturated heterocycles. The second-order valence-electron chi connectivity index (χ2n) is 9.37. The molecule has 0 radical (unpaired) electrons. The molecule has 0 amide bonds. The second kappa shape index (κ2) is 12.1. The van der Waals surface area contributed by atoms with Crippen molar-refractivity contribution < 1.29 is 22.4 Å². The van der Waals surface area contributed by atoms with E-state index in [9.17, 15) is 8.42 Å². The molecule has 1 aliphatic heterocycles. The zero-order valence-electron chi connectivity index (χ0n) is 20.6. The smallest absolute Gasteiger partial charge is 0.264 e. The van der Waals surface area contributed by atoms with Gasteiger partial charge >= 0.3 is 0 Å². The van der Waals surface area contributed by atoms with Crippen molar-refractivity contribution in [3.63, 3.8) is 0 Å². The molecule has 0 saturated carbocycles. The maximum Gasteiger partial charge on any atom is 0.264 e. The Balaban J connectivity index is 2.01. The summed E-state index contributed by atoms with van der Waals surface area (Å²) in [6.07, 6.45) is 15.0. The largest absolute Gasteiger partial charge is 0.493 e. The minimum absolute atomic E-state index is 0.226. The van der Waals surface area contributed by atoms with Gasteiger partial charge in [0.25, 0.3) is 10.1 Å². The normalized spacial score (nSPS) is 18.6. The van der Waals surface area contributed by atoms with E-state index in [0.717, 1.165) is 47.5 Å². The lowest BCUT2D eigenvalue weighted by Gasteiger charge is -2.36. The van der Waals surface area contributed by atoms with Gasteiger partial charge in [-0.3, -0.25) is 4.55 Å². The lowest BCUT2D eigenvalue weighted by Crippen LogP contribution is -2.35. The van der Waals surface area contributed by atoms with E-state index in [1.807, 2.05) is 0 Å². The molecule has 32 heavy (non-hydrogen) atoms. The fraction of sp³-hybridized carbons (Fsp3) is 0.692. The summed E-state index contributed by atoms with van der Waals surface area (Å²) in [7, 11) is -3.91. The van der Waals surface area contributed by atoms with E-state index in [0.29, 0.717) is 19.4 Å². The van der Waals surface area contributed by atoms with Gasteiger partial charge < -0.3 is 9.47 Å². The van der Waals surface area contributed by atoms with E-state index in [4.69, 9.17) is 14.0 Å². The van der Waals surface area contributed by atoms with Gasteiger partial charge in [0.2, 0.25) is 0 Å². The van der Waals surface area contributed by atoms with E-state index in [-0.39, 0.29) is 11.4 Å². The zero-order valence-corrected chi connectivity index (χ0v) is 21.4. The number of ether oxygens (including phenoxy) is 2. The number of hydrogen-bond acceptors (Lipinski definition) is 4. The molecule has 1 unspecified atom stereocenters. The lowest BCUT2D eigenvalue weighted by molar-refractivity contribution is 0.112. The number of hydrogen-bond donors (Lipinski definition) is 1. The van der Waals surface area contributed by atoms with Crippen LogP contribution in [0.3, 0.4) is 0 Å². The van der Waals surface area contributed by atoms with E-state index in [1.54, 1.807) is 0 Å². The summed E-state index contributed by atoms with van der Waals surface area (Å²) in [5, 5.41) is 0. The van der Waals surface area contributed by atoms with E-state index in [2.05, 4.69) is 46.8 Å². The Morgan fingerprint density at radius 3 is 2.44 bits per heavy atom. The minimum atomic E-state index is -3.91. The van der Waals surface area contributed by atoms with Gasteiger partial charge in [-0.1, -0.05) is 38.7 Å². The number of allylic oxidation sites excluding steroid dienone is 1. The Kier molecular flexibility index (Phi) is 10.1. The average molecular weight is 467 g/mol. The van der Waals surface area contributed by atoms with Crippen LogP contribution >= 0.6 is 0 Å².